The van der Waals surface area contributed by atoms with E-state index in [9.17, 15) is 60.3 Å². The van der Waals surface area contributed by atoms with Crippen LogP contribution in [0.3, 0.4) is 0 Å². The standard InChI is InChI=1S/C45H56N6O16Si/c1-21-39(68(2,3)64)30(14-15-50-19-28(48-49-50)26(20-52)23-9-5-4-6-10-23)67-45(21)27-17-25(47-41(60)38-34(56)32(54)36(58)43(62)66-38)12-13-29(27)51(44(45)63)18-22-8-7-11-24(16-22)46-40(59)37-33(55)31(53)35(57)42(61)65-37/h4-13,16-17,19,21,26,30-39,42-43,52-58,61-62,64H,14-15,18,20H2,1-3H3,(H,46,59)(H,47,60)/t21-,26?,30+,31+,32+,33+,34+,35-,36-,37+,38+,39-,42-,43-,45+/m1/s1. The zero-order chi connectivity index (χ0) is 49.0. The van der Waals surface area contributed by atoms with Gasteiger partial charge in [0.25, 0.3) is 17.7 Å². The third-order valence-electron chi connectivity index (χ3n) is 13.4. The molecule has 3 aromatic carbocycles. The Hall–Kier alpha value is -5.09. The minimum absolute atomic E-state index is 0.101. The average molecular weight is 965 g/mol. The second kappa shape index (κ2) is 19.4. The molecule has 4 aromatic rings. The molecule has 0 bridgehead atoms. The topological polar surface area (TPSA) is 339 Å². The van der Waals surface area contributed by atoms with Crippen LogP contribution in [-0.2, 0) is 47.3 Å². The first-order valence-electron chi connectivity index (χ1n) is 22.1. The summed E-state index contributed by atoms with van der Waals surface area (Å²) in [5.74, 6) is -3.53. The number of carbonyl (C=O) groups is 3. The van der Waals surface area contributed by atoms with Crippen molar-refractivity contribution >= 4 is 43.1 Å². The number of aliphatic hydroxyl groups excluding tert-OH is 9. The number of nitrogens with zero attached hydrogens (tertiary/aromatic N) is 4. The average Bonchev–Trinajstić information content (AvgIpc) is 3.97. The molecule has 1 unspecified atom stereocenters. The van der Waals surface area contributed by atoms with Crippen LogP contribution in [0.5, 0.6) is 0 Å². The molecule has 12 N–H and O–H groups in total. The number of fused-ring (bicyclic) bond motifs is 2. The fraction of sp³-hybridized carbons (Fsp3) is 0.489. The van der Waals surface area contributed by atoms with Gasteiger partial charge in [-0.2, -0.15) is 0 Å². The molecule has 22 nitrogen and oxygen atoms in total. The van der Waals surface area contributed by atoms with Gasteiger partial charge in [0.2, 0.25) is 0 Å². The second-order valence-electron chi connectivity index (χ2n) is 18.3. The quantitative estimate of drug-likeness (QED) is 0.0666. The molecule has 1 spiro atoms. The summed E-state index contributed by atoms with van der Waals surface area (Å²) in [6.45, 7) is 5.28. The molecule has 15 atom stereocenters. The molecule has 4 aliphatic rings. The van der Waals surface area contributed by atoms with Crippen LogP contribution in [0.25, 0.3) is 0 Å². The van der Waals surface area contributed by atoms with E-state index in [1.54, 1.807) is 48.2 Å². The van der Waals surface area contributed by atoms with Crippen LogP contribution in [0.4, 0.5) is 17.1 Å². The van der Waals surface area contributed by atoms with E-state index in [0.717, 1.165) is 5.56 Å². The zero-order valence-electron chi connectivity index (χ0n) is 37.1. The summed E-state index contributed by atoms with van der Waals surface area (Å²) in [6, 6.07) is 20.3. The van der Waals surface area contributed by atoms with Crippen LogP contribution in [0.2, 0.25) is 18.6 Å². The molecule has 0 saturated carbocycles. The Bertz CT molecular complexity index is 2480. The second-order valence-corrected chi connectivity index (χ2v) is 22.3. The van der Waals surface area contributed by atoms with Crippen LogP contribution < -0.4 is 15.5 Å². The minimum atomic E-state index is -3.20. The van der Waals surface area contributed by atoms with Crippen LogP contribution >= 0.6 is 0 Å². The van der Waals surface area contributed by atoms with Crippen LogP contribution in [-0.4, -0.2) is 166 Å². The smallest absolute Gasteiger partial charge is 0.264 e. The highest BCUT2D eigenvalue weighted by Gasteiger charge is 2.66. The molecule has 366 valence electrons. The van der Waals surface area contributed by atoms with Gasteiger partial charge >= 0.3 is 0 Å². The molecule has 5 heterocycles. The predicted octanol–water partition coefficient (Wildman–Crippen LogP) is -1.69. The van der Waals surface area contributed by atoms with Gasteiger partial charge in [0.15, 0.2) is 38.7 Å². The number of nitrogens with one attached hydrogen (secondary N) is 2. The Morgan fingerprint density at radius 3 is 1.99 bits per heavy atom. The SMILES string of the molecule is C[C@@H]1[C@@H]([Si](C)(C)O)[C@H](CCn2cc(C(CO)c3ccccc3)nn2)O[C@@]12C(=O)N(Cc1cccc(NC(=O)[C@H]3O[C@@H](O)[C@H](O)[C@@H](O)[C@@H]3O)c1)c1ccc(NC(=O)[C@H]3O[C@@H](O)[C@H](O)[C@@H](O)[C@@H]3O)cc12. The molecule has 4 aliphatic heterocycles. The van der Waals surface area contributed by atoms with Gasteiger partial charge in [0.1, 0.15) is 36.6 Å². The van der Waals surface area contributed by atoms with Crippen molar-refractivity contribution in [3.63, 3.8) is 0 Å². The maximum atomic E-state index is 15.3. The predicted molar refractivity (Wildman–Crippen MR) is 238 cm³/mol. The van der Waals surface area contributed by atoms with E-state index in [1.807, 2.05) is 37.3 Å². The van der Waals surface area contributed by atoms with E-state index in [1.165, 1.54) is 23.1 Å². The molecule has 0 aliphatic carbocycles. The molecule has 8 rings (SSSR count). The number of hydrogen-bond acceptors (Lipinski definition) is 18. The molecule has 68 heavy (non-hydrogen) atoms. The number of aliphatic hydroxyl groups is 9. The first-order chi connectivity index (χ1) is 32.2. The van der Waals surface area contributed by atoms with Crippen LogP contribution in [0.1, 0.15) is 41.6 Å². The van der Waals surface area contributed by atoms with Crippen molar-refractivity contribution in [2.45, 2.75) is 124 Å². The number of ether oxygens (including phenoxy) is 3. The largest absolute Gasteiger partial charge is 0.432 e. The van der Waals surface area contributed by atoms with Gasteiger partial charge in [-0.25, -0.2) is 0 Å². The van der Waals surface area contributed by atoms with Crippen molar-refractivity contribution in [2.75, 3.05) is 22.1 Å². The normalized spacial score (nSPS) is 33.1. The van der Waals surface area contributed by atoms with Gasteiger partial charge in [0.05, 0.1) is 36.6 Å². The maximum Gasteiger partial charge on any atom is 0.264 e. The molecular weight excluding hydrogens is 909 g/mol. The lowest BCUT2D eigenvalue weighted by molar-refractivity contribution is -0.274. The lowest BCUT2D eigenvalue weighted by Crippen LogP contribution is -2.60. The van der Waals surface area contributed by atoms with E-state index < -0.39 is 117 Å². The molecular formula is C45H56N6O16Si. The third kappa shape index (κ3) is 9.11. The first-order valence-corrected chi connectivity index (χ1v) is 25.2. The van der Waals surface area contributed by atoms with E-state index in [4.69, 9.17) is 14.2 Å². The molecule has 3 saturated heterocycles. The highest BCUT2D eigenvalue weighted by molar-refractivity contribution is 6.71. The molecule has 3 amide bonds. The summed E-state index contributed by atoms with van der Waals surface area (Å²) in [6.07, 6.45) is -17.5. The summed E-state index contributed by atoms with van der Waals surface area (Å²) in [5.41, 5.74) is 0.571. The Morgan fingerprint density at radius 2 is 1.40 bits per heavy atom. The van der Waals surface area contributed by atoms with Crippen molar-refractivity contribution in [3.05, 3.63) is 101 Å². The first kappa shape index (κ1) is 49.3. The molecule has 23 heteroatoms. The highest BCUT2D eigenvalue weighted by atomic mass is 28.4. The number of aromatic nitrogens is 3. The number of carbonyl (C=O) groups excluding carboxylic acids is 3. The number of anilines is 3. The fourth-order valence-corrected chi connectivity index (χ4v) is 12.6. The lowest BCUT2D eigenvalue weighted by Gasteiger charge is -2.37. The fourth-order valence-electron chi connectivity index (χ4n) is 9.99. The summed E-state index contributed by atoms with van der Waals surface area (Å²) < 4.78 is 18.8. The summed E-state index contributed by atoms with van der Waals surface area (Å²) in [7, 11) is -3.20. The van der Waals surface area contributed by atoms with Gasteiger partial charge in [-0.15, -0.1) is 5.10 Å². The number of rotatable bonds is 13. The molecule has 1 aromatic heterocycles. The Balaban J connectivity index is 1.10. The van der Waals surface area contributed by atoms with Gasteiger partial charge in [0, 0.05) is 41.1 Å². The van der Waals surface area contributed by atoms with Crippen molar-refractivity contribution in [1.82, 2.24) is 15.0 Å². The monoisotopic (exact) mass is 964 g/mol. The van der Waals surface area contributed by atoms with Gasteiger partial charge < -0.3 is 80.5 Å². The lowest BCUT2D eigenvalue weighted by atomic mass is 9.82. The summed E-state index contributed by atoms with van der Waals surface area (Å²) in [5, 5.41) is 105. The van der Waals surface area contributed by atoms with Crippen molar-refractivity contribution < 1.29 is 79.3 Å². The number of benzene rings is 3. The van der Waals surface area contributed by atoms with Crippen molar-refractivity contribution in [1.29, 1.82) is 0 Å². The Kier molecular flexibility index (Phi) is 14.0. The van der Waals surface area contributed by atoms with E-state index in [2.05, 4.69) is 20.9 Å². The maximum absolute atomic E-state index is 15.3. The number of aryl methyl sites for hydroxylation is 1. The minimum Gasteiger partial charge on any atom is -0.432 e. The van der Waals surface area contributed by atoms with Crippen LogP contribution in [0, 0.1) is 5.92 Å². The molecule has 0 radical (unpaired) electrons. The Morgan fingerprint density at radius 1 is 0.794 bits per heavy atom. The van der Waals surface area contributed by atoms with Gasteiger partial charge in [-0.05, 0) is 61.0 Å². The Labute approximate surface area is 390 Å². The van der Waals surface area contributed by atoms with E-state index in [0.29, 0.717) is 22.5 Å². The van der Waals surface area contributed by atoms with Crippen LogP contribution in [0.15, 0.2) is 79.0 Å². The van der Waals surface area contributed by atoms with Crippen molar-refractivity contribution in [3.8, 4) is 0 Å². The molecule has 3 fully saturated rings. The van der Waals surface area contributed by atoms with E-state index in [-0.39, 0.29) is 37.5 Å². The third-order valence-corrected chi connectivity index (χ3v) is 15.9. The number of amides is 3. The van der Waals surface area contributed by atoms with Gasteiger partial charge in [-0.1, -0.05) is 54.6 Å². The van der Waals surface area contributed by atoms with Crippen molar-refractivity contribution in [2.24, 2.45) is 5.92 Å². The zero-order valence-corrected chi connectivity index (χ0v) is 38.1. The van der Waals surface area contributed by atoms with Gasteiger partial charge in [-0.3, -0.25) is 19.1 Å². The highest BCUT2D eigenvalue weighted by Crippen LogP contribution is 2.60. The number of hydrogen-bond donors (Lipinski definition) is 12. The van der Waals surface area contributed by atoms with E-state index >= 15 is 4.79 Å². The summed E-state index contributed by atoms with van der Waals surface area (Å²) >= 11 is 0. The summed E-state index contributed by atoms with van der Waals surface area (Å²) in [4.78, 5) is 55.5.